The van der Waals surface area contributed by atoms with Gasteiger partial charge in [-0.2, -0.15) is 23.4 Å². The fourth-order valence-corrected chi connectivity index (χ4v) is 1.85. The molecule has 130 valence electrons. The van der Waals surface area contributed by atoms with E-state index in [-0.39, 0.29) is 17.1 Å². The van der Waals surface area contributed by atoms with Gasteiger partial charge in [0.25, 0.3) is 5.91 Å². The second-order valence-corrected chi connectivity index (χ2v) is 4.81. The number of nitrogens with zero attached hydrogens (tertiary/aromatic N) is 4. The third-order valence-electron chi connectivity index (χ3n) is 2.87. The molecular weight excluding hydrogens is 343 g/mol. The number of carbonyl (C=O) groups is 1. The highest BCUT2D eigenvalue weighted by molar-refractivity contribution is 5.93. The molecule has 8 nitrogen and oxygen atoms in total. The van der Waals surface area contributed by atoms with Crippen molar-refractivity contribution in [3.63, 3.8) is 0 Å². The Labute approximate surface area is 137 Å². The van der Waals surface area contributed by atoms with Crippen molar-refractivity contribution in [1.82, 2.24) is 20.4 Å². The number of alkyl halides is 3. The number of carbonyl (C=O) groups excluding carboxylic acids is 1. The van der Waals surface area contributed by atoms with Gasteiger partial charge in [0, 0.05) is 12.3 Å². The number of hydrogen-bond acceptors (Lipinski definition) is 6. The first kappa shape index (κ1) is 16.5. The average Bonchev–Trinajstić information content (AvgIpc) is 3.26. The fraction of sp³-hybridized carbons (Fsp3) is 0.143. The van der Waals surface area contributed by atoms with E-state index in [1.54, 1.807) is 12.1 Å². The van der Waals surface area contributed by atoms with E-state index in [2.05, 4.69) is 20.8 Å². The van der Waals surface area contributed by atoms with E-state index in [9.17, 15) is 18.0 Å². The van der Waals surface area contributed by atoms with E-state index in [0.717, 1.165) is 17.1 Å². The van der Waals surface area contributed by atoms with Gasteiger partial charge in [-0.1, -0.05) is 5.16 Å². The van der Waals surface area contributed by atoms with Crippen LogP contribution in [0, 0.1) is 0 Å². The lowest BCUT2D eigenvalue weighted by Gasteiger charge is -2.04. The van der Waals surface area contributed by atoms with Gasteiger partial charge in [-0.15, -0.1) is 0 Å². The molecule has 25 heavy (non-hydrogen) atoms. The summed E-state index contributed by atoms with van der Waals surface area (Å²) in [6.45, 7) is -1.21. The van der Waals surface area contributed by atoms with Gasteiger partial charge >= 0.3 is 6.18 Å². The van der Waals surface area contributed by atoms with Crippen molar-refractivity contribution in [2.45, 2.75) is 12.7 Å². The van der Waals surface area contributed by atoms with Gasteiger partial charge in [0.05, 0.1) is 12.5 Å². The van der Waals surface area contributed by atoms with Gasteiger partial charge in [0.2, 0.25) is 5.76 Å². The minimum atomic E-state index is -4.37. The van der Waals surface area contributed by atoms with Crippen molar-refractivity contribution < 1.29 is 26.9 Å². The van der Waals surface area contributed by atoms with Crippen LogP contribution in [0.1, 0.15) is 16.2 Å². The normalized spacial score (nSPS) is 12.0. The van der Waals surface area contributed by atoms with Crippen LogP contribution in [0.4, 0.5) is 13.2 Å². The van der Waals surface area contributed by atoms with Crippen LogP contribution in [0.15, 0.2) is 50.8 Å². The molecule has 0 saturated heterocycles. The van der Waals surface area contributed by atoms with Crippen molar-refractivity contribution in [3.8, 4) is 11.5 Å². The van der Waals surface area contributed by atoms with E-state index >= 15 is 0 Å². The zero-order valence-corrected chi connectivity index (χ0v) is 12.4. The Morgan fingerprint density at radius 1 is 1.36 bits per heavy atom. The van der Waals surface area contributed by atoms with Crippen LogP contribution >= 0.6 is 0 Å². The number of amides is 1. The summed E-state index contributed by atoms with van der Waals surface area (Å²) >= 11 is 0. The van der Waals surface area contributed by atoms with Crippen LogP contribution < -0.4 is 5.43 Å². The largest absolute Gasteiger partial charge is 0.461 e. The summed E-state index contributed by atoms with van der Waals surface area (Å²) in [4.78, 5) is 11.9. The molecule has 3 heterocycles. The molecular formula is C14H10F3N5O3. The zero-order chi connectivity index (χ0) is 17.9. The molecule has 0 unspecified atom stereocenters. The predicted molar refractivity (Wildman–Crippen MR) is 77.5 cm³/mol. The second-order valence-electron chi connectivity index (χ2n) is 4.81. The van der Waals surface area contributed by atoms with E-state index in [0.29, 0.717) is 5.76 Å². The number of hydrazone groups is 1. The zero-order valence-electron chi connectivity index (χ0n) is 12.4. The lowest BCUT2D eigenvalue weighted by Crippen LogP contribution is -2.19. The van der Waals surface area contributed by atoms with E-state index in [1.807, 2.05) is 0 Å². The number of rotatable bonds is 5. The highest BCUT2D eigenvalue weighted by atomic mass is 19.4. The Kier molecular flexibility index (Phi) is 4.37. The first-order chi connectivity index (χ1) is 11.9. The molecule has 3 rings (SSSR count). The minimum absolute atomic E-state index is 0.0360. The van der Waals surface area contributed by atoms with Gasteiger partial charge < -0.3 is 8.94 Å². The highest BCUT2D eigenvalue weighted by Gasteiger charge is 2.28. The summed E-state index contributed by atoms with van der Waals surface area (Å²) in [6.07, 6.45) is -0.657. The Morgan fingerprint density at radius 2 is 2.20 bits per heavy atom. The summed E-state index contributed by atoms with van der Waals surface area (Å²) in [5.41, 5.74) is 2.29. The SMILES string of the molecule is O=C(NN=Cc1ccn(CC(F)(F)F)n1)c1cc(-c2ccco2)on1. The maximum absolute atomic E-state index is 12.2. The van der Waals surface area contributed by atoms with Crippen LogP contribution in [-0.2, 0) is 6.54 Å². The summed E-state index contributed by atoms with van der Waals surface area (Å²) in [5, 5.41) is 10.8. The third-order valence-corrected chi connectivity index (χ3v) is 2.87. The topological polar surface area (TPSA) is 98.5 Å². The van der Waals surface area contributed by atoms with Crippen LogP contribution in [0.2, 0.25) is 0 Å². The van der Waals surface area contributed by atoms with E-state index in [4.69, 9.17) is 8.94 Å². The van der Waals surface area contributed by atoms with Gasteiger partial charge in [0.1, 0.15) is 12.2 Å². The average molecular weight is 353 g/mol. The van der Waals surface area contributed by atoms with E-state index in [1.165, 1.54) is 18.4 Å². The summed E-state index contributed by atoms with van der Waals surface area (Å²) in [6, 6.07) is 5.98. The van der Waals surface area contributed by atoms with Crippen molar-refractivity contribution >= 4 is 12.1 Å². The fourth-order valence-electron chi connectivity index (χ4n) is 1.85. The first-order valence-corrected chi connectivity index (χ1v) is 6.85. The number of hydrogen-bond donors (Lipinski definition) is 1. The third kappa shape index (κ3) is 4.34. The van der Waals surface area contributed by atoms with Gasteiger partial charge in [-0.25, -0.2) is 5.43 Å². The molecule has 0 aliphatic heterocycles. The molecule has 0 spiro atoms. The molecule has 0 aliphatic carbocycles. The quantitative estimate of drug-likeness (QED) is 0.561. The molecule has 0 fully saturated rings. The van der Waals surface area contributed by atoms with Gasteiger partial charge in [0.15, 0.2) is 11.5 Å². The van der Waals surface area contributed by atoms with Crippen molar-refractivity contribution in [3.05, 3.63) is 48.1 Å². The van der Waals surface area contributed by atoms with Crippen molar-refractivity contribution in [2.24, 2.45) is 5.10 Å². The number of nitrogens with one attached hydrogen (secondary N) is 1. The smallest absolute Gasteiger partial charge is 0.408 e. The van der Waals surface area contributed by atoms with Gasteiger partial charge in [-0.3, -0.25) is 9.48 Å². The summed E-state index contributed by atoms with van der Waals surface area (Å²) in [7, 11) is 0. The van der Waals surface area contributed by atoms with Crippen molar-refractivity contribution in [1.29, 1.82) is 0 Å². The summed E-state index contributed by atoms with van der Waals surface area (Å²) in [5.74, 6) is 0.0165. The van der Waals surface area contributed by atoms with Crippen LogP contribution in [0.5, 0.6) is 0 Å². The highest BCUT2D eigenvalue weighted by Crippen LogP contribution is 2.20. The summed E-state index contributed by atoms with van der Waals surface area (Å²) < 4.78 is 47.5. The Hall–Kier alpha value is -3.37. The van der Waals surface area contributed by atoms with Gasteiger partial charge in [-0.05, 0) is 18.2 Å². The first-order valence-electron chi connectivity index (χ1n) is 6.85. The molecule has 3 aromatic heterocycles. The molecule has 0 bridgehead atoms. The maximum atomic E-state index is 12.2. The predicted octanol–water partition coefficient (Wildman–Crippen LogP) is 2.46. The Morgan fingerprint density at radius 3 is 2.92 bits per heavy atom. The Balaban J connectivity index is 1.58. The van der Waals surface area contributed by atoms with Crippen LogP contribution in [0.3, 0.4) is 0 Å². The van der Waals surface area contributed by atoms with Crippen LogP contribution in [0.25, 0.3) is 11.5 Å². The number of aromatic nitrogens is 3. The monoisotopic (exact) mass is 353 g/mol. The number of halogens is 3. The number of furan rings is 1. The molecule has 0 saturated carbocycles. The molecule has 11 heteroatoms. The Bertz CT molecular complexity index is 880. The molecule has 1 amide bonds. The molecule has 3 aromatic rings. The van der Waals surface area contributed by atoms with Crippen LogP contribution in [-0.4, -0.2) is 33.2 Å². The molecule has 0 aliphatic rings. The lowest BCUT2D eigenvalue weighted by atomic mass is 10.3. The standard InChI is InChI=1S/C14H10F3N5O3/c15-14(16,17)8-22-4-3-9(20-22)7-18-19-13(23)10-6-12(25-21-10)11-2-1-5-24-11/h1-7H,8H2,(H,19,23). The maximum Gasteiger partial charge on any atom is 0.408 e. The molecule has 0 aromatic carbocycles. The lowest BCUT2D eigenvalue weighted by molar-refractivity contribution is -0.142. The minimum Gasteiger partial charge on any atom is -0.461 e. The van der Waals surface area contributed by atoms with E-state index < -0.39 is 18.6 Å². The van der Waals surface area contributed by atoms with Crippen molar-refractivity contribution in [2.75, 3.05) is 0 Å². The molecule has 0 atom stereocenters. The molecule has 1 N–H and O–H groups in total. The second kappa shape index (κ2) is 6.63. The molecule has 0 radical (unpaired) electrons.